The minimum atomic E-state index is -1.66. The number of fused-ring (bicyclic) bond motifs is 1. The largest absolute Gasteiger partial charge is 0.481 e. The highest BCUT2D eigenvalue weighted by Gasteiger charge is 2.39. The van der Waals surface area contributed by atoms with Crippen LogP contribution in [-0.2, 0) is 33.6 Å². The number of rotatable bonds is 5. The lowest BCUT2D eigenvalue weighted by Gasteiger charge is -2.30. The molecule has 0 bridgehead atoms. The van der Waals surface area contributed by atoms with Crippen LogP contribution < -0.4 is 26.6 Å². The van der Waals surface area contributed by atoms with Crippen LogP contribution in [0.25, 0.3) is 0 Å². The Balaban J connectivity index is 2.48. The topological polar surface area (TPSA) is 223 Å². The maximum Gasteiger partial charge on any atom is 0.305 e. The Kier molecular flexibility index (Phi) is 11.4. The SMILES string of the molecule is CC(C)C[C@@H]1NC(=O)[C@H]2CCCN2C(=O)[C@H](C)NC(=O)[C@@H](C)NC(=O)[C@H]([C@@H](C)O)NC(=O)[C@@H](CC(=O)O)NC1=O. The number of amides is 6. The zero-order valence-electron chi connectivity index (χ0n) is 23.4. The quantitative estimate of drug-likeness (QED) is 0.184. The summed E-state index contributed by atoms with van der Waals surface area (Å²) in [4.78, 5) is 91.1. The average molecular weight is 569 g/mol. The highest BCUT2D eigenvalue weighted by atomic mass is 16.4. The number of aliphatic carboxylic acids is 1. The fraction of sp³-hybridized carbons (Fsp3) is 0.720. The Morgan fingerprint density at radius 3 is 1.98 bits per heavy atom. The molecule has 2 aliphatic heterocycles. The summed E-state index contributed by atoms with van der Waals surface area (Å²) in [5.74, 6) is -6.20. The van der Waals surface area contributed by atoms with E-state index in [4.69, 9.17) is 0 Å². The summed E-state index contributed by atoms with van der Waals surface area (Å²) in [6.07, 6.45) is -1.34. The minimum absolute atomic E-state index is 0.0949. The number of nitrogens with zero attached hydrogens (tertiary/aromatic N) is 1. The van der Waals surface area contributed by atoms with Crippen LogP contribution in [0.2, 0.25) is 0 Å². The Labute approximate surface area is 232 Å². The maximum absolute atomic E-state index is 13.3. The van der Waals surface area contributed by atoms with E-state index in [1.54, 1.807) is 13.8 Å². The van der Waals surface area contributed by atoms with Gasteiger partial charge < -0.3 is 41.7 Å². The number of hydrogen-bond donors (Lipinski definition) is 7. The fourth-order valence-corrected chi connectivity index (χ4v) is 4.61. The summed E-state index contributed by atoms with van der Waals surface area (Å²) in [5.41, 5.74) is 0. The zero-order chi connectivity index (χ0) is 30.3. The molecule has 15 nitrogen and oxygen atoms in total. The average Bonchev–Trinajstić information content (AvgIpc) is 3.34. The lowest BCUT2D eigenvalue weighted by atomic mass is 10.0. The number of carboxylic acids is 1. The molecule has 224 valence electrons. The molecule has 0 unspecified atom stereocenters. The first-order valence-corrected chi connectivity index (χ1v) is 13.3. The summed E-state index contributed by atoms with van der Waals surface area (Å²) in [5, 5.41) is 31.6. The molecule has 0 radical (unpaired) electrons. The van der Waals surface area contributed by atoms with Crippen LogP contribution in [0.1, 0.15) is 60.3 Å². The lowest BCUT2D eigenvalue weighted by molar-refractivity contribution is -0.143. The number of nitrogens with one attached hydrogen (secondary N) is 5. The van der Waals surface area contributed by atoms with Gasteiger partial charge in [0, 0.05) is 6.54 Å². The maximum atomic E-state index is 13.3. The van der Waals surface area contributed by atoms with Gasteiger partial charge >= 0.3 is 5.97 Å². The molecule has 0 saturated carbocycles. The van der Waals surface area contributed by atoms with E-state index < -0.39 is 90.2 Å². The smallest absolute Gasteiger partial charge is 0.305 e. The molecule has 0 aromatic rings. The van der Waals surface area contributed by atoms with Crippen molar-refractivity contribution in [3.05, 3.63) is 0 Å². The number of hydrogen-bond acceptors (Lipinski definition) is 8. The third-order valence-corrected chi connectivity index (χ3v) is 6.73. The monoisotopic (exact) mass is 568 g/mol. The summed E-state index contributed by atoms with van der Waals surface area (Å²) in [7, 11) is 0. The summed E-state index contributed by atoms with van der Waals surface area (Å²) >= 11 is 0. The van der Waals surface area contributed by atoms with Gasteiger partial charge in [0.2, 0.25) is 35.4 Å². The van der Waals surface area contributed by atoms with Crippen molar-refractivity contribution in [2.45, 2.75) is 103 Å². The third kappa shape index (κ3) is 8.63. The van der Waals surface area contributed by atoms with Crippen molar-refractivity contribution in [2.24, 2.45) is 5.92 Å². The predicted molar refractivity (Wildman–Crippen MR) is 139 cm³/mol. The van der Waals surface area contributed by atoms with Crippen LogP contribution in [-0.4, -0.2) is 105 Å². The standard InChI is InChI=1S/C25H40N6O9/c1-11(2)9-15-21(36)28-16(10-18(33)34)22(37)30-19(14(5)32)24(39)26-12(3)20(35)27-13(4)25(40)31-8-6-7-17(31)23(38)29-15/h11-17,19,32H,6-10H2,1-5H3,(H,26,39)(H,27,35)(H,28,36)(H,29,38)(H,30,37)(H,33,34)/t12-,13+,14-,15+,16-,17-,19+/m1/s1. The molecular weight excluding hydrogens is 528 g/mol. The molecular formula is C25H40N6O9. The number of aliphatic hydroxyl groups is 1. The van der Waals surface area contributed by atoms with Crippen molar-refractivity contribution in [1.82, 2.24) is 31.5 Å². The molecule has 0 aliphatic carbocycles. The molecule has 7 atom stereocenters. The molecule has 2 fully saturated rings. The molecule has 2 saturated heterocycles. The van der Waals surface area contributed by atoms with Gasteiger partial charge in [-0.2, -0.15) is 0 Å². The van der Waals surface area contributed by atoms with Gasteiger partial charge in [-0.15, -0.1) is 0 Å². The molecule has 7 N–H and O–H groups in total. The van der Waals surface area contributed by atoms with Crippen LogP contribution in [0.4, 0.5) is 0 Å². The number of carbonyl (C=O) groups is 7. The van der Waals surface area contributed by atoms with E-state index in [9.17, 15) is 43.8 Å². The van der Waals surface area contributed by atoms with Gasteiger partial charge in [-0.1, -0.05) is 13.8 Å². The van der Waals surface area contributed by atoms with E-state index in [-0.39, 0.29) is 18.9 Å². The first-order valence-electron chi connectivity index (χ1n) is 13.3. The van der Waals surface area contributed by atoms with Crippen molar-refractivity contribution >= 4 is 41.4 Å². The van der Waals surface area contributed by atoms with E-state index in [2.05, 4.69) is 26.6 Å². The number of carboxylic acid groups (broad SMARTS) is 1. The van der Waals surface area contributed by atoms with E-state index in [0.29, 0.717) is 12.8 Å². The van der Waals surface area contributed by atoms with Gasteiger partial charge in [0.25, 0.3) is 0 Å². The molecule has 2 heterocycles. The number of carbonyl (C=O) groups excluding carboxylic acids is 6. The minimum Gasteiger partial charge on any atom is -0.481 e. The molecule has 2 aliphatic rings. The first kappa shape index (κ1) is 32.5. The van der Waals surface area contributed by atoms with Crippen molar-refractivity contribution in [1.29, 1.82) is 0 Å². The molecule has 0 aromatic heterocycles. The summed E-state index contributed by atoms with van der Waals surface area (Å²) in [6, 6.07) is -7.57. The second-order valence-corrected chi connectivity index (χ2v) is 10.7. The Morgan fingerprint density at radius 2 is 1.40 bits per heavy atom. The van der Waals surface area contributed by atoms with Gasteiger partial charge in [-0.3, -0.25) is 33.6 Å². The molecule has 0 aromatic carbocycles. The van der Waals surface area contributed by atoms with E-state index in [1.165, 1.54) is 25.7 Å². The molecule has 15 heteroatoms. The van der Waals surface area contributed by atoms with Crippen molar-refractivity contribution < 1.29 is 43.8 Å². The van der Waals surface area contributed by atoms with Gasteiger partial charge in [-0.25, -0.2) is 0 Å². The third-order valence-electron chi connectivity index (χ3n) is 6.73. The van der Waals surface area contributed by atoms with Crippen LogP contribution in [0.5, 0.6) is 0 Å². The molecule has 2 rings (SSSR count). The molecule has 6 amide bonds. The fourth-order valence-electron chi connectivity index (χ4n) is 4.61. The Bertz CT molecular complexity index is 1020. The van der Waals surface area contributed by atoms with E-state index in [1.807, 2.05) is 0 Å². The lowest BCUT2D eigenvalue weighted by Crippen LogP contribution is -2.62. The van der Waals surface area contributed by atoms with Crippen LogP contribution in [0, 0.1) is 5.92 Å². The summed E-state index contributed by atoms with van der Waals surface area (Å²) in [6.45, 7) is 7.83. The number of aliphatic hydroxyl groups excluding tert-OH is 1. The second-order valence-electron chi connectivity index (χ2n) is 10.7. The summed E-state index contributed by atoms with van der Waals surface area (Å²) < 4.78 is 0. The first-order chi connectivity index (χ1) is 18.6. The van der Waals surface area contributed by atoms with Crippen LogP contribution >= 0.6 is 0 Å². The van der Waals surface area contributed by atoms with Crippen LogP contribution in [0.3, 0.4) is 0 Å². The van der Waals surface area contributed by atoms with E-state index in [0.717, 1.165) is 0 Å². The van der Waals surface area contributed by atoms with Crippen molar-refractivity contribution in [3.8, 4) is 0 Å². The van der Waals surface area contributed by atoms with E-state index >= 15 is 0 Å². The molecule has 0 spiro atoms. The Hall–Kier alpha value is -3.75. The predicted octanol–water partition coefficient (Wildman–Crippen LogP) is -2.64. The van der Waals surface area contributed by atoms with Gasteiger partial charge in [0.15, 0.2) is 0 Å². The van der Waals surface area contributed by atoms with Gasteiger partial charge in [-0.05, 0) is 46.0 Å². The normalized spacial score (nSPS) is 30.2. The van der Waals surface area contributed by atoms with Gasteiger partial charge in [0.1, 0.15) is 36.3 Å². The zero-order valence-corrected chi connectivity index (χ0v) is 23.4. The highest BCUT2D eigenvalue weighted by Crippen LogP contribution is 2.19. The Morgan fingerprint density at radius 1 is 0.825 bits per heavy atom. The molecule has 40 heavy (non-hydrogen) atoms. The van der Waals surface area contributed by atoms with Crippen LogP contribution in [0.15, 0.2) is 0 Å². The second kappa shape index (κ2) is 14.1. The van der Waals surface area contributed by atoms with Gasteiger partial charge in [0.05, 0.1) is 12.5 Å². The highest BCUT2D eigenvalue weighted by molar-refractivity contribution is 5.99. The van der Waals surface area contributed by atoms with Crippen molar-refractivity contribution in [2.75, 3.05) is 6.54 Å². The van der Waals surface area contributed by atoms with Crippen molar-refractivity contribution in [3.63, 3.8) is 0 Å².